The lowest BCUT2D eigenvalue weighted by Gasteiger charge is -2.24. The van der Waals surface area contributed by atoms with Crippen molar-refractivity contribution in [1.29, 1.82) is 5.26 Å². The number of nitriles is 1. The van der Waals surface area contributed by atoms with Crippen molar-refractivity contribution >= 4 is 27.0 Å². The van der Waals surface area contributed by atoms with Gasteiger partial charge in [-0.1, -0.05) is 12.1 Å². The third-order valence-electron chi connectivity index (χ3n) is 4.83. The Hall–Kier alpha value is -2.00. The van der Waals surface area contributed by atoms with Gasteiger partial charge in [0.1, 0.15) is 16.8 Å². The Morgan fingerprint density at radius 2 is 2.12 bits per heavy atom. The molecule has 2 aliphatic heterocycles. The van der Waals surface area contributed by atoms with Crippen molar-refractivity contribution in [1.82, 2.24) is 4.90 Å². The molecule has 1 aromatic carbocycles. The lowest BCUT2D eigenvalue weighted by atomic mass is 10.1. The molecule has 1 aromatic rings. The summed E-state index contributed by atoms with van der Waals surface area (Å²) >= 11 is 0. The number of nitrogens with zero attached hydrogens (tertiary/aromatic N) is 2. The molecule has 1 amide bonds. The molecule has 132 valence electrons. The van der Waals surface area contributed by atoms with Crippen molar-refractivity contribution < 1.29 is 14.0 Å². The predicted octanol–water partition coefficient (Wildman–Crippen LogP) is 2.95. The summed E-state index contributed by atoms with van der Waals surface area (Å²) < 4.78 is 14.2. The second kappa shape index (κ2) is 7.49. The van der Waals surface area contributed by atoms with E-state index >= 15 is 0 Å². The van der Waals surface area contributed by atoms with E-state index in [1.54, 1.807) is 19.1 Å². The minimum Gasteiger partial charge on any atom is -0.328 e. The highest BCUT2D eigenvalue weighted by Crippen LogP contribution is 2.30. The molecule has 0 saturated carbocycles. The highest BCUT2D eigenvalue weighted by Gasteiger charge is 2.38. The second-order valence-electron chi connectivity index (χ2n) is 6.58. The number of amides is 1. The Kier molecular flexibility index (Phi) is 5.33. The average Bonchev–Trinajstić information content (AvgIpc) is 3.22. The topological polar surface area (TPSA) is 61.2 Å². The highest BCUT2D eigenvalue weighted by atomic mass is 32.2. The number of ketones is 1. The molecule has 0 aromatic heterocycles. The molecule has 4 nitrogen and oxygen atoms in total. The summed E-state index contributed by atoms with van der Waals surface area (Å²) in [6.07, 6.45) is 2.77. The second-order valence-corrected chi connectivity index (χ2v) is 8.79. The van der Waals surface area contributed by atoms with Gasteiger partial charge in [0.2, 0.25) is 11.7 Å². The maximum absolute atomic E-state index is 14.2. The quantitative estimate of drug-likeness (QED) is 0.776. The molecule has 0 spiro atoms. The van der Waals surface area contributed by atoms with Crippen LogP contribution in [0.5, 0.6) is 0 Å². The first-order valence-electron chi connectivity index (χ1n) is 8.54. The van der Waals surface area contributed by atoms with Crippen LogP contribution in [0.15, 0.2) is 18.2 Å². The highest BCUT2D eigenvalue weighted by molar-refractivity contribution is 8.17. The summed E-state index contributed by atoms with van der Waals surface area (Å²) in [7, 11) is -0.277. The Balaban J connectivity index is 1.85. The van der Waals surface area contributed by atoms with Crippen LogP contribution in [-0.4, -0.2) is 39.0 Å². The van der Waals surface area contributed by atoms with Crippen molar-refractivity contribution in [3.05, 3.63) is 35.1 Å². The van der Waals surface area contributed by atoms with Crippen LogP contribution >= 0.6 is 10.5 Å². The fraction of sp³-hybridized carbons (Fsp3) is 0.474. The molecular formula is C19H21FN2O2S. The normalized spacial score (nSPS) is 20.8. The number of carbonyl (C=O) groups excluding carboxylic acids is 2. The Labute approximate surface area is 149 Å². The number of halogens is 1. The van der Waals surface area contributed by atoms with Crippen LogP contribution in [0.3, 0.4) is 0 Å². The van der Waals surface area contributed by atoms with Crippen molar-refractivity contribution in [2.75, 3.05) is 11.5 Å². The van der Waals surface area contributed by atoms with E-state index < -0.39 is 6.04 Å². The summed E-state index contributed by atoms with van der Waals surface area (Å²) in [5, 5.41) is 9.47. The molecule has 3 rings (SSSR count). The molecule has 1 atom stereocenters. The van der Waals surface area contributed by atoms with Gasteiger partial charge in [-0.15, -0.1) is 0 Å². The number of aryl methyl sites for hydroxylation is 1. The van der Waals surface area contributed by atoms with Gasteiger partial charge in [0.05, 0.1) is 6.04 Å². The van der Waals surface area contributed by atoms with Crippen LogP contribution in [0, 0.1) is 24.1 Å². The summed E-state index contributed by atoms with van der Waals surface area (Å²) in [5.41, 5.74) is 1.21. The van der Waals surface area contributed by atoms with Crippen LogP contribution in [0.2, 0.25) is 0 Å². The molecule has 2 saturated heterocycles. The van der Waals surface area contributed by atoms with E-state index in [0.717, 1.165) is 29.9 Å². The van der Waals surface area contributed by atoms with Crippen molar-refractivity contribution in [3.63, 3.8) is 0 Å². The van der Waals surface area contributed by atoms with Crippen LogP contribution in [0.1, 0.15) is 36.8 Å². The first kappa shape index (κ1) is 17.8. The fourth-order valence-corrected chi connectivity index (χ4v) is 5.71. The summed E-state index contributed by atoms with van der Waals surface area (Å²) in [5.74, 6) is 1.04. The molecule has 6 heteroatoms. The minimum absolute atomic E-state index is 0.0772. The van der Waals surface area contributed by atoms with Crippen LogP contribution in [0.25, 0.3) is 0 Å². The standard InChI is InChI=1S/C19H21FN2O2S/c1-13-4-5-14(15(20)10-13)12-22-16(6-7-18(22)23)19(24)17(11-21)25-8-2-3-9-25/h4-5,10,16H,2-3,6-9,12H2,1H3. The van der Waals surface area contributed by atoms with E-state index in [9.17, 15) is 19.2 Å². The van der Waals surface area contributed by atoms with Gasteiger partial charge in [-0.3, -0.25) is 9.59 Å². The van der Waals surface area contributed by atoms with Gasteiger partial charge in [-0.2, -0.15) is 15.7 Å². The predicted molar refractivity (Wildman–Crippen MR) is 96.9 cm³/mol. The van der Waals surface area contributed by atoms with E-state index in [4.69, 9.17) is 0 Å². The first-order valence-corrected chi connectivity index (χ1v) is 10.1. The average molecular weight is 360 g/mol. The van der Waals surface area contributed by atoms with Gasteiger partial charge < -0.3 is 4.90 Å². The largest absolute Gasteiger partial charge is 0.328 e. The van der Waals surface area contributed by atoms with E-state index in [1.165, 1.54) is 11.0 Å². The molecule has 0 aliphatic carbocycles. The molecule has 1 unspecified atom stereocenters. The fourth-order valence-electron chi connectivity index (χ4n) is 3.44. The zero-order valence-corrected chi connectivity index (χ0v) is 15.1. The van der Waals surface area contributed by atoms with Gasteiger partial charge >= 0.3 is 0 Å². The molecular weight excluding hydrogens is 339 g/mol. The zero-order valence-electron chi connectivity index (χ0n) is 14.3. The van der Waals surface area contributed by atoms with Crippen molar-refractivity contribution in [3.8, 4) is 6.07 Å². The van der Waals surface area contributed by atoms with Crippen molar-refractivity contribution in [2.24, 2.45) is 0 Å². The smallest absolute Gasteiger partial charge is 0.223 e. The Bertz CT molecular complexity index is 789. The number of hydrogen-bond acceptors (Lipinski definition) is 3. The molecule has 2 fully saturated rings. The van der Waals surface area contributed by atoms with E-state index in [0.29, 0.717) is 16.8 Å². The monoisotopic (exact) mass is 360 g/mol. The van der Waals surface area contributed by atoms with Gasteiger partial charge in [0.15, 0.2) is 0 Å². The third kappa shape index (κ3) is 3.67. The van der Waals surface area contributed by atoms with Crippen LogP contribution < -0.4 is 0 Å². The van der Waals surface area contributed by atoms with Gasteiger partial charge in [0.25, 0.3) is 0 Å². The number of Topliss-reactive ketones (excluding diaryl/α,β-unsaturated/α-hetero) is 1. The number of rotatable bonds is 4. The molecule has 0 radical (unpaired) electrons. The van der Waals surface area contributed by atoms with Crippen LogP contribution in [-0.2, 0) is 16.1 Å². The number of benzene rings is 1. The van der Waals surface area contributed by atoms with E-state index in [2.05, 4.69) is 6.07 Å². The zero-order chi connectivity index (χ0) is 18.0. The lowest BCUT2D eigenvalue weighted by Crippen LogP contribution is -2.41. The van der Waals surface area contributed by atoms with Crippen LogP contribution in [0.4, 0.5) is 4.39 Å². The maximum atomic E-state index is 14.2. The summed E-state index contributed by atoms with van der Waals surface area (Å²) in [4.78, 5) is 27.0. The molecule has 0 bridgehead atoms. The third-order valence-corrected chi connectivity index (χ3v) is 7.26. The molecule has 25 heavy (non-hydrogen) atoms. The molecule has 0 N–H and O–H groups in total. The Morgan fingerprint density at radius 3 is 2.76 bits per heavy atom. The van der Waals surface area contributed by atoms with E-state index in [-0.39, 0.29) is 41.0 Å². The number of carbonyl (C=O) groups is 2. The minimum atomic E-state index is -0.629. The first-order chi connectivity index (χ1) is 12.0. The van der Waals surface area contributed by atoms with E-state index in [1.807, 2.05) is 0 Å². The van der Waals surface area contributed by atoms with Gasteiger partial charge in [0, 0.05) is 18.5 Å². The van der Waals surface area contributed by atoms with Gasteiger partial charge in [-0.05, 0) is 49.3 Å². The SMILES string of the molecule is Cc1ccc(CN2C(=O)CCC2C(=O)C(C#N)=S2CCCC2)c(F)c1. The molecule has 2 heterocycles. The number of hydrogen-bond donors (Lipinski definition) is 0. The Morgan fingerprint density at radius 1 is 1.40 bits per heavy atom. The number of likely N-dealkylation sites (tertiary alicyclic amines) is 1. The maximum Gasteiger partial charge on any atom is 0.223 e. The van der Waals surface area contributed by atoms with Gasteiger partial charge in [-0.25, -0.2) is 4.39 Å². The summed E-state index contributed by atoms with van der Waals surface area (Å²) in [6.45, 7) is 1.88. The lowest BCUT2D eigenvalue weighted by molar-refractivity contribution is -0.132. The molecule has 2 aliphatic rings. The van der Waals surface area contributed by atoms with Crippen molar-refractivity contribution in [2.45, 2.75) is 45.2 Å². The summed E-state index contributed by atoms with van der Waals surface area (Å²) in [6, 6.07) is 6.36.